The molecule has 0 saturated heterocycles. The maximum Gasteiger partial charge on any atom is 0.277 e. The summed E-state index contributed by atoms with van der Waals surface area (Å²) in [5.74, 6) is -0.325. The third kappa shape index (κ3) is 1.67. The Hall–Kier alpha value is -2.70. The average molecular weight is 257 g/mol. The minimum Gasteiger partial charge on any atom is -0.302 e. The van der Waals surface area contributed by atoms with Crippen molar-refractivity contribution in [1.29, 1.82) is 0 Å². The highest BCUT2D eigenvalue weighted by Gasteiger charge is 2.16. The summed E-state index contributed by atoms with van der Waals surface area (Å²) in [6.07, 6.45) is 1.41. The Kier molecular flexibility index (Phi) is 2.34. The highest BCUT2D eigenvalue weighted by Crippen LogP contribution is 2.14. The molecule has 0 aliphatic rings. The maximum absolute atomic E-state index is 12.2. The number of aryl methyl sites for hydroxylation is 2. The van der Waals surface area contributed by atoms with Gasteiger partial charge in [0.2, 0.25) is 0 Å². The Morgan fingerprint density at radius 1 is 1.32 bits per heavy atom. The number of carbonyl (C=O) groups is 1. The fourth-order valence-electron chi connectivity index (χ4n) is 1.96. The first-order valence-corrected chi connectivity index (χ1v) is 5.66. The van der Waals surface area contributed by atoms with E-state index in [4.69, 9.17) is 0 Å². The Morgan fingerprint density at radius 2 is 2.11 bits per heavy atom. The molecule has 3 rings (SSSR count). The lowest BCUT2D eigenvalue weighted by molar-refractivity contribution is 0.103. The number of hydrogen-bond acceptors (Lipinski definition) is 4. The van der Waals surface area contributed by atoms with Crippen LogP contribution in [0, 0.1) is 0 Å². The number of fused-ring (bicyclic) bond motifs is 1. The van der Waals surface area contributed by atoms with Crippen LogP contribution < -0.4 is 5.56 Å². The smallest absolute Gasteiger partial charge is 0.277 e. The minimum atomic E-state index is -0.343. The number of aromatic nitrogens is 5. The normalized spacial score (nSPS) is 11.1. The molecule has 1 aromatic carbocycles. The van der Waals surface area contributed by atoms with E-state index >= 15 is 0 Å². The first kappa shape index (κ1) is 11.4. The number of aromatic amines is 1. The van der Waals surface area contributed by atoms with Crippen LogP contribution in [0.15, 0.2) is 29.2 Å². The molecule has 7 heteroatoms. The van der Waals surface area contributed by atoms with Gasteiger partial charge in [0, 0.05) is 25.9 Å². The molecule has 2 heterocycles. The molecular formula is C12H11N5O2. The first-order valence-electron chi connectivity index (χ1n) is 5.66. The van der Waals surface area contributed by atoms with Crippen molar-refractivity contribution in [2.45, 2.75) is 0 Å². The van der Waals surface area contributed by atoms with Gasteiger partial charge in [0.25, 0.3) is 5.56 Å². The summed E-state index contributed by atoms with van der Waals surface area (Å²) in [5.41, 5.74) is 1.65. The summed E-state index contributed by atoms with van der Waals surface area (Å²) >= 11 is 0. The molecule has 0 amide bonds. The van der Waals surface area contributed by atoms with E-state index in [1.165, 1.54) is 10.9 Å². The Labute approximate surface area is 107 Å². The quantitative estimate of drug-likeness (QED) is 0.666. The fraction of sp³-hybridized carbons (Fsp3) is 0.167. The standard InChI is InChI=1S/C12H11N5O2/c1-16-10-4-3-7(5-9(10)14-15-16)11(18)8-6-13-17(2)12(8)19/h3-6,13H,1-2H3. The van der Waals surface area contributed by atoms with Gasteiger partial charge in [-0.1, -0.05) is 5.21 Å². The summed E-state index contributed by atoms with van der Waals surface area (Å²) in [4.78, 5) is 24.0. The van der Waals surface area contributed by atoms with Crippen LogP contribution in [0.25, 0.3) is 11.0 Å². The molecular weight excluding hydrogens is 246 g/mol. The van der Waals surface area contributed by atoms with E-state index in [1.807, 2.05) is 0 Å². The maximum atomic E-state index is 12.2. The molecule has 0 aliphatic heterocycles. The summed E-state index contributed by atoms with van der Waals surface area (Å²) < 4.78 is 2.88. The van der Waals surface area contributed by atoms with Crippen molar-refractivity contribution in [2.75, 3.05) is 0 Å². The van der Waals surface area contributed by atoms with Crippen molar-refractivity contribution in [1.82, 2.24) is 24.8 Å². The topological polar surface area (TPSA) is 85.6 Å². The molecule has 0 spiro atoms. The molecule has 3 aromatic rings. The zero-order chi connectivity index (χ0) is 13.6. The number of hydrogen-bond donors (Lipinski definition) is 1. The molecule has 96 valence electrons. The van der Waals surface area contributed by atoms with E-state index in [2.05, 4.69) is 15.4 Å². The lowest BCUT2D eigenvalue weighted by Crippen LogP contribution is -2.19. The fourth-order valence-corrected chi connectivity index (χ4v) is 1.96. The number of ketones is 1. The zero-order valence-electron chi connectivity index (χ0n) is 10.4. The van der Waals surface area contributed by atoms with Gasteiger partial charge < -0.3 is 5.10 Å². The van der Waals surface area contributed by atoms with Gasteiger partial charge in [-0.25, -0.2) is 4.68 Å². The Bertz CT molecular complexity index is 839. The van der Waals surface area contributed by atoms with Crippen LogP contribution in [0.5, 0.6) is 0 Å². The van der Waals surface area contributed by atoms with Crippen LogP contribution >= 0.6 is 0 Å². The van der Waals surface area contributed by atoms with Crippen molar-refractivity contribution in [3.63, 3.8) is 0 Å². The summed E-state index contributed by atoms with van der Waals surface area (Å²) in [5, 5.41) is 10.5. The zero-order valence-corrected chi connectivity index (χ0v) is 10.4. The Balaban J connectivity index is 2.11. The Morgan fingerprint density at radius 3 is 2.79 bits per heavy atom. The second-order valence-electron chi connectivity index (χ2n) is 4.30. The van der Waals surface area contributed by atoms with Crippen molar-refractivity contribution in [3.8, 4) is 0 Å². The van der Waals surface area contributed by atoms with Gasteiger partial charge in [-0.3, -0.25) is 14.3 Å². The van der Waals surface area contributed by atoms with Crippen molar-refractivity contribution in [3.05, 3.63) is 45.9 Å². The molecule has 0 radical (unpaired) electrons. The second-order valence-corrected chi connectivity index (χ2v) is 4.30. The highest BCUT2D eigenvalue weighted by molar-refractivity contribution is 6.09. The lowest BCUT2D eigenvalue weighted by Gasteiger charge is -1.97. The molecule has 0 saturated carbocycles. The van der Waals surface area contributed by atoms with E-state index in [1.54, 1.807) is 37.0 Å². The minimum absolute atomic E-state index is 0.116. The van der Waals surface area contributed by atoms with Gasteiger partial charge in [0.05, 0.1) is 5.52 Å². The molecule has 0 bridgehead atoms. The van der Waals surface area contributed by atoms with Gasteiger partial charge in [-0.05, 0) is 18.2 Å². The predicted molar refractivity (Wildman–Crippen MR) is 68.0 cm³/mol. The number of rotatable bonds is 2. The van der Waals surface area contributed by atoms with E-state index in [-0.39, 0.29) is 16.9 Å². The van der Waals surface area contributed by atoms with Gasteiger partial charge in [-0.15, -0.1) is 5.10 Å². The molecule has 2 aromatic heterocycles. The number of nitrogens with zero attached hydrogens (tertiary/aromatic N) is 4. The van der Waals surface area contributed by atoms with E-state index in [0.29, 0.717) is 11.1 Å². The number of nitrogens with one attached hydrogen (secondary N) is 1. The van der Waals surface area contributed by atoms with Gasteiger partial charge in [0.1, 0.15) is 11.1 Å². The SMILES string of the molecule is Cn1[nH]cc(C(=O)c2ccc3c(c2)nnn3C)c1=O. The summed E-state index contributed by atoms with van der Waals surface area (Å²) in [7, 11) is 3.34. The van der Waals surface area contributed by atoms with Crippen LogP contribution in [-0.4, -0.2) is 30.6 Å². The van der Waals surface area contributed by atoms with Crippen LogP contribution in [0.4, 0.5) is 0 Å². The van der Waals surface area contributed by atoms with Crippen LogP contribution in [0.1, 0.15) is 15.9 Å². The van der Waals surface area contributed by atoms with Gasteiger partial charge in [0.15, 0.2) is 5.78 Å². The predicted octanol–water partition coefficient (Wildman–Crippen LogP) is 0.226. The van der Waals surface area contributed by atoms with E-state index < -0.39 is 0 Å². The molecule has 0 fully saturated rings. The molecule has 7 nitrogen and oxygen atoms in total. The van der Waals surface area contributed by atoms with Gasteiger partial charge >= 0.3 is 0 Å². The molecule has 0 atom stereocenters. The number of carbonyl (C=O) groups excluding carboxylic acids is 1. The summed E-state index contributed by atoms with van der Waals surface area (Å²) in [6, 6.07) is 5.07. The summed E-state index contributed by atoms with van der Waals surface area (Å²) in [6.45, 7) is 0. The lowest BCUT2D eigenvalue weighted by atomic mass is 10.1. The number of H-pyrrole nitrogens is 1. The molecule has 1 N–H and O–H groups in total. The van der Waals surface area contributed by atoms with Gasteiger partial charge in [-0.2, -0.15) is 0 Å². The third-order valence-electron chi connectivity index (χ3n) is 3.06. The van der Waals surface area contributed by atoms with Crippen LogP contribution in [0.2, 0.25) is 0 Å². The van der Waals surface area contributed by atoms with Crippen molar-refractivity contribution >= 4 is 16.8 Å². The molecule has 0 aliphatic carbocycles. The average Bonchev–Trinajstić information content (AvgIpc) is 2.94. The van der Waals surface area contributed by atoms with E-state index in [0.717, 1.165) is 5.52 Å². The second kappa shape index (κ2) is 3.91. The third-order valence-corrected chi connectivity index (χ3v) is 3.06. The molecule has 19 heavy (non-hydrogen) atoms. The first-order chi connectivity index (χ1) is 9.08. The monoisotopic (exact) mass is 257 g/mol. The van der Waals surface area contributed by atoms with Crippen LogP contribution in [0.3, 0.4) is 0 Å². The van der Waals surface area contributed by atoms with Crippen molar-refractivity contribution < 1.29 is 4.79 Å². The van der Waals surface area contributed by atoms with Crippen molar-refractivity contribution in [2.24, 2.45) is 14.1 Å². The van der Waals surface area contributed by atoms with E-state index in [9.17, 15) is 9.59 Å². The highest BCUT2D eigenvalue weighted by atomic mass is 16.2. The molecule has 0 unspecified atom stereocenters. The largest absolute Gasteiger partial charge is 0.302 e. The number of benzene rings is 1. The van der Waals surface area contributed by atoms with Crippen LogP contribution in [-0.2, 0) is 14.1 Å².